The van der Waals surface area contributed by atoms with Gasteiger partial charge in [0, 0.05) is 17.7 Å². The minimum absolute atomic E-state index is 0.0754. The molecule has 1 N–H and O–H groups in total. The lowest BCUT2D eigenvalue weighted by atomic mass is 10.0. The Morgan fingerprint density at radius 3 is 2.76 bits per heavy atom. The van der Waals surface area contributed by atoms with Crippen molar-refractivity contribution in [2.75, 3.05) is 6.54 Å². The topological polar surface area (TPSA) is 12.0 Å². The highest BCUT2D eigenvalue weighted by Gasteiger charge is 2.14. The van der Waals surface area contributed by atoms with Gasteiger partial charge in [-0.05, 0) is 31.9 Å². The van der Waals surface area contributed by atoms with Crippen LogP contribution in [-0.2, 0) is 0 Å². The second-order valence-corrected chi connectivity index (χ2v) is 4.04. The molecule has 1 atom stereocenters. The molecule has 94 valence electrons. The van der Waals surface area contributed by atoms with Crippen LogP contribution in [0.3, 0.4) is 0 Å². The first kappa shape index (κ1) is 13.8. The van der Waals surface area contributed by atoms with Crippen LogP contribution in [0.5, 0.6) is 0 Å². The number of halogens is 2. The third kappa shape index (κ3) is 4.27. The molecule has 0 saturated carbocycles. The van der Waals surface area contributed by atoms with Gasteiger partial charge in [0.05, 0.1) is 0 Å². The van der Waals surface area contributed by atoms with Crippen LogP contribution in [0.25, 0.3) is 0 Å². The second kappa shape index (κ2) is 7.17. The fourth-order valence-electron chi connectivity index (χ4n) is 1.75. The summed E-state index contributed by atoms with van der Waals surface area (Å²) in [4.78, 5) is 0. The van der Waals surface area contributed by atoms with Crippen molar-refractivity contribution in [2.45, 2.75) is 32.2 Å². The number of rotatable bonds is 7. The average molecular weight is 239 g/mol. The summed E-state index contributed by atoms with van der Waals surface area (Å²) in [7, 11) is 0. The van der Waals surface area contributed by atoms with Crippen LogP contribution in [-0.4, -0.2) is 6.54 Å². The molecule has 0 aliphatic rings. The van der Waals surface area contributed by atoms with E-state index in [9.17, 15) is 8.78 Å². The van der Waals surface area contributed by atoms with Crippen molar-refractivity contribution in [3.63, 3.8) is 0 Å². The molecule has 0 bridgehead atoms. The quantitative estimate of drug-likeness (QED) is 0.710. The first-order valence-corrected chi connectivity index (χ1v) is 5.98. The molecular weight excluding hydrogens is 220 g/mol. The Morgan fingerprint density at radius 2 is 2.18 bits per heavy atom. The lowest BCUT2D eigenvalue weighted by Gasteiger charge is -2.19. The fraction of sp³-hybridized carbons (Fsp3) is 0.429. The third-order valence-electron chi connectivity index (χ3n) is 2.64. The van der Waals surface area contributed by atoms with Gasteiger partial charge in [0.15, 0.2) is 0 Å². The summed E-state index contributed by atoms with van der Waals surface area (Å²) >= 11 is 0. The van der Waals surface area contributed by atoms with Crippen LogP contribution in [0.2, 0.25) is 0 Å². The third-order valence-corrected chi connectivity index (χ3v) is 2.64. The predicted molar refractivity (Wildman–Crippen MR) is 66.8 cm³/mol. The predicted octanol–water partition coefficient (Wildman–Crippen LogP) is 3.97. The van der Waals surface area contributed by atoms with Crippen molar-refractivity contribution in [1.29, 1.82) is 0 Å². The number of allylic oxidation sites excluding steroid dienone is 1. The van der Waals surface area contributed by atoms with Gasteiger partial charge in [0.25, 0.3) is 0 Å². The average Bonchev–Trinajstić information content (AvgIpc) is 2.30. The van der Waals surface area contributed by atoms with E-state index in [0.29, 0.717) is 5.56 Å². The Kier molecular flexibility index (Phi) is 5.84. The van der Waals surface area contributed by atoms with Crippen LogP contribution in [0, 0.1) is 11.6 Å². The van der Waals surface area contributed by atoms with E-state index >= 15 is 0 Å². The molecule has 0 saturated heterocycles. The molecule has 1 nitrogen and oxygen atoms in total. The molecule has 0 fully saturated rings. The first-order valence-electron chi connectivity index (χ1n) is 5.98. The van der Waals surface area contributed by atoms with E-state index in [-0.39, 0.29) is 6.04 Å². The van der Waals surface area contributed by atoms with Gasteiger partial charge in [-0.2, -0.15) is 0 Å². The lowest BCUT2D eigenvalue weighted by Crippen LogP contribution is -2.23. The summed E-state index contributed by atoms with van der Waals surface area (Å²) in [6.07, 6.45) is 4.36. The van der Waals surface area contributed by atoms with Crippen molar-refractivity contribution in [3.8, 4) is 0 Å². The first-order chi connectivity index (χ1) is 8.19. The maximum atomic E-state index is 13.6. The summed E-state index contributed by atoms with van der Waals surface area (Å²) in [6, 6.07) is 3.67. The van der Waals surface area contributed by atoms with E-state index < -0.39 is 11.6 Å². The molecular formula is C14H19F2N. The maximum absolute atomic E-state index is 13.6. The van der Waals surface area contributed by atoms with E-state index in [1.165, 1.54) is 12.1 Å². The van der Waals surface area contributed by atoms with E-state index in [2.05, 4.69) is 18.8 Å². The molecule has 1 unspecified atom stereocenters. The van der Waals surface area contributed by atoms with E-state index in [1.807, 2.05) is 6.08 Å². The van der Waals surface area contributed by atoms with Crippen LogP contribution >= 0.6 is 0 Å². The van der Waals surface area contributed by atoms with Crippen molar-refractivity contribution >= 4 is 0 Å². The zero-order valence-electron chi connectivity index (χ0n) is 10.2. The van der Waals surface area contributed by atoms with Gasteiger partial charge in [0.1, 0.15) is 11.6 Å². The van der Waals surface area contributed by atoms with E-state index in [0.717, 1.165) is 31.9 Å². The van der Waals surface area contributed by atoms with Crippen molar-refractivity contribution in [2.24, 2.45) is 0 Å². The molecule has 17 heavy (non-hydrogen) atoms. The molecule has 3 heteroatoms. The van der Waals surface area contributed by atoms with E-state index in [1.54, 1.807) is 0 Å². The zero-order chi connectivity index (χ0) is 12.7. The molecule has 1 aromatic rings. The molecule has 0 aliphatic heterocycles. The maximum Gasteiger partial charge on any atom is 0.130 e. The smallest absolute Gasteiger partial charge is 0.130 e. The SMILES string of the molecule is C=CCCC(NCCC)c1ccc(F)cc1F. The summed E-state index contributed by atoms with van der Waals surface area (Å²) in [6.45, 7) is 6.53. The molecule has 0 radical (unpaired) electrons. The van der Waals surface area contributed by atoms with Crippen LogP contribution in [0.1, 0.15) is 37.8 Å². The summed E-state index contributed by atoms with van der Waals surface area (Å²) in [5, 5.41) is 3.27. The summed E-state index contributed by atoms with van der Waals surface area (Å²) in [5.41, 5.74) is 0.529. The van der Waals surface area contributed by atoms with Crippen molar-refractivity contribution in [1.82, 2.24) is 5.32 Å². The van der Waals surface area contributed by atoms with Crippen molar-refractivity contribution < 1.29 is 8.78 Å². The Bertz CT molecular complexity index is 363. The number of hydrogen-bond acceptors (Lipinski definition) is 1. The normalized spacial score (nSPS) is 12.4. The van der Waals surface area contributed by atoms with Crippen LogP contribution < -0.4 is 5.32 Å². The van der Waals surface area contributed by atoms with Crippen LogP contribution in [0.4, 0.5) is 8.78 Å². The van der Waals surface area contributed by atoms with Gasteiger partial charge >= 0.3 is 0 Å². The van der Waals surface area contributed by atoms with Crippen LogP contribution in [0.15, 0.2) is 30.9 Å². The fourth-order valence-corrected chi connectivity index (χ4v) is 1.75. The number of benzene rings is 1. The lowest BCUT2D eigenvalue weighted by molar-refractivity contribution is 0.472. The zero-order valence-corrected chi connectivity index (χ0v) is 10.2. The highest BCUT2D eigenvalue weighted by atomic mass is 19.1. The largest absolute Gasteiger partial charge is 0.310 e. The molecule has 0 aromatic heterocycles. The molecule has 0 aliphatic carbocycles. The Hall–Kier alpha value is -1.22. The van der Waals surface area contributed by atoms with Gasteiger partial charge in [-0.15, -0.1) is 6.58 Å². The molecule has 1 rings (SSSR count). The monoisotopic (exact) mass is 239 g/mol. The summed E-state index contributed by atoms with van der Waals surface area (Å²) < 4.78 is 26.5. The van der Waals surface area contributed by atoms with Gasteiger partial charge in [-0.3, -0.25) is 0 Å². The Labute approximate surface area is 102 Å². The molecule has 1 aromatic carbocycles. The highest BCUT2D eigenvalue weighted by Crippen LogP contribution is 2.22. The molecule has 0 amide bonds. The van der Waals surface area contributed by atoms with E-state index in [4.69, 9.17) is 0 Å². The van der Waals surface area contributed by atoms with Gasteiger partial charge in [-0.25, -0.2) is 8.78 Å². The molecule has 0 spiro atoms. The van der Waals surface area contributed by atoms with Crippen molar-refractivity contribution in [3.05, 3.63) is 48.1 Å². The summed E-state index contributed by atoms with van der Waals surface area (Å²) in [5.74, 6) is -1.02. The standard InChI is InChI=1S/C14H19F2N/c1-3-5-6-14(17-9-4-2)12-8-7-11(15)10-13(12)16/h3,7-8,10,14,17H,1,4-6,9H2,2H3. The molecule has 0 heterocycles. The van der Waals surface area contributed by atoms with Gasteiger partial charge < -0.3 is 5.32 Å². The Balaban J connectivity index is 2.82. The van der Waals surface area contributed by atoms with Gasteiger partial charge in [-0.1, -0.05) is 19.1 Å². The van der Waals surface area contributed by atoms with Gasteiger partial charge in [0.2, 0.25) is 0 Å². The minimum atomic E-state index is -0.538. The Morgan fingerprint density at radius 1 is 1.41 bits per heavy atom. The number of nitrogens with one attached hydrogen (secondary N) is 1. The number of hydrogen-bond donors (Lipinski definition) is 1. The second-order valence-electron chi connectivity index (χ2n) is 4.04. The minimum Gasteiger partial charge on any atom is -0.310 e. The highest BCUT2D eigenvalue weighted by molar-refractivity contribution is 5.22.